The number of carboxylic acid groups (broad SMARTS) is 1. The van der Waals surface area contributed by atoms with Crippen LogP contribution in [0.25, 0.3) is 0 Å². The molecule has 1 heterocycles. The number of rotatable bonds is 9. The van der Waals surface area contributed by atoms with Crippen LogP contribution >= 0.6 is 0 Å². The number of hydrogen-bond donors (Lipinski definition) is 4. The van der Waals surface area contributed by atoms with Crippen LogP contribution in [0.5, 0.6) is 0 Å². The molecule has 1 atom stereocenters. The summed E-state index contributed by atoms with van der Waals surface area (Å²) < 4.78 is 13.3. The van der Waals surface area contributed by atoms with E-state index in [0.29, 0.717) is 16.7 Å². The van der Waals surface area contributed by atoms with Crippen LogP contribution in [0.15, 0.2) is 48.5 Å². The summed E-state index contributed by atoms with van der Waals surface area (Å²) in [6, 6.07) is 10.4. The number of amides is 3. The van der Waals surface area contributed by atoms with Crippen LogP contribution in [0.3, 0.4) is 0 Å². The summed E-state index contributed by atoms with van der Waals surface area (Å²) in [6.45, 7) is 0.448. The van der Waals surface area contributed by atoms with E-state index in [-0.39, 0.29) is 37.9 Å². The first kappa shape index (κ1) is 24.4. The van der Waals surface area contributed by atoms with Gasteiger partial charge in [-0.2, -0.15) is 0 Å². The first-order valence-corrected chi connectivity index (χ1v) is 10.5. The molecule has 2 aromatic rings. The molecule has 0 saturated carbocycles. The number of nitrogens with two attached hydrogens (primary N) is 1. The van der Waals surface area contributed by atoms with Crippen molar-refractivity contribution >= 4 is 29.5 Å². The van der Waals surface area contributed by atoms with Crippen molar-refractivity contribution in [3.8, 4) is 0 Å². The van der Waals surface area contributed by atoms with Gasteiger partial charge in [0.1, 0.15) is 11.7 Å². The van der Waals surface area contributed by atoms with Gasteiger partial charge in [0, 0.05) is 37.3 Å². The summed E-state index contributed by atoms with van der Waals surface area (Å²) in [5.74, 6) is -3.81. The topological polar surface area (TPSA) is 157 Å². The van der Waals surface area contributed by atoms with Crippen molar-refractivity contribution in [1.82, 2.24) is 15.1 Å². The monoisotopic (exact) mass is 469 g/mol. The third-order valence-corrected chi connectivity index (χ3v) is 5.47. The van der Waals surface area contributed by atoms with Crippen LogP contribution in [-0.4, -0.2) is 70.6 Å². The molecule has 0 aliphatic carbocycles. The number of nitrogens with one attached hydrogen (secondary N) is 2. The largest absolute Gasteiger partial charge is 0.481 e. The molecule has 0 aromatic heterocycles. The second-order valence-corrected chi connectivity index (χ2v) is 7.70. The number of piperazine rings is 1. The summed E-state index contributed by atoms with van der Waals surface area (Å²) in [4.78, 5) is 51.5. The fourth-order valence-electron chi connectivity index (χ4n) is 3.67. The Balaban J connectivity index is 1.59. The molecule has 0 radical (unpaired) electrons. The molecule has 1 aliphatic heterocycles. The fraction of sp³-hybridized carbons (Fsp3) is 0.261. The van der Waals surface area contributed by atoms with Crippen molar-refractivity contribution in [1.29, 1.82) is 5.41 Å². The molecule has 10 nitrogen and oxygen atoms in total. The second-order valence-electron chi connectivity index (χ2n) is 7.70. The zero-order chi connectivity index (χ0) is 24.8. The normalized spacial score (nSPS) is 14.6. The molecular weight excluding hydrogens is 445 g/mol. The summed E-state index contributed by atoms with van der Waals surface area (Å²) >= 11 is 0. The third kappa shape index (κ3) is 5.74. The van der Waals surface area contributed by atoms with Crippen LogP contribution in [-0.2, 0) is 14.4 Å². The van der Waals surface area contributed by atoms with Gasteiger partial charge in [-0.1, -0.05) is 24.3 Å². The maximum absolute atomic E-state index is 13.3. The maximum Gasteiger partial charge on any atom is 0.312 e. The van der Waals surface area contributed by atoms with E-state index in [0.717, 1.165) is 0 Å². The Morgan fingerprint density at radius 2 is 1.65 bits per heavy atom. The highest BCUT2D eigenvalue weighted by Gasteiger charge is 2.37. The van der Waals surface area contributed by atoms with Crippen LogP contribution < -0.4 is 11.1 Å². The zero-order valence-electron chi connectivity index (χ0n) is 18.2. The van der Waals surface area contributed by atoms with Crippen molar-refractivity contribution < 1.29 is 28.7 Å². The molecular formula is C23H24FN5O5. The van der Waals surface area contributed by atoms with E-state index < -0.39 is 36.1 Å². The van der Waals surface area contributed by atoms with Gasteiger partial charge in [0.15, 0.2) is 0 Å². The lowest BCUT2D eigenvalue weighted by molar-refractivity contribution is -0.159. The van der Waals surface area contributed by atoms with E-state index in [9.17, 15) is 28.7 Å². The SMILES string of the molecule is N=C(N)c1ccc(C(=O)NCCN2CCN(C(CC(=O)O)c3ccc(F)cc3)C(=O)C2=O)cc1. The van der Waals surface area contributed by atoms with Gasteiger partial charge in [0.05, 0.1) is 12.5 Å². The van der Waals surface area contributed by atoms with Gasteiger partial charge < -0.3 is 26.0 Å². The zero-order valence-corrected chi connectivity index (χ0v) is 18.2. The standard InChI is InChI=1S/C23H24FN5O5/c24-17-7-5-14(6-8-17)18(13-19(30)31)29-12-11-28(22(33)23(29)34)10-9-27-21(32)16-3-1-15(2-4-16)20(25)26/h1-8,18H,9-13H2,(H3,25,26)(H,27,32)(H,30,31). The number of carbonyl (C=O) groups is 4. The molecule has 11 heteroatoms. The summed E-state index contributed by atoms with van der Waals surface area (Å²) in [5, 5.41) is 19.3. The minimum atomic E-state index is -1.16. The molecule has 3 rings (SSSR count). The highest BCUT2D eigenvalue weighted by atomic mass is 19.1. The summed E-state index contributed by atoms with van der Waals surface area (Å²) in [7, 11) is 0. The first-order valence-electron chi connectivity index (χ1n) is 10.5. The van der Waals surface area contributed by atoms with Crippen LogP contribution in [0, 0.1) is 11.2 Å². The van der Waals surface area contributed by atoms with E-state index in [1.165, 1.54) is 46.2 Å². The number of aliphatic carboxylic acids is 1. The summed E-state index contributed by atoms with van der Waals surface area (Å²) in [5.41, 5.74) is 6.65. The lowest BCUT2D eigenvalue weighted by Crippen LogP contribution is -2.56. The molecule has 1 saturated heterocycles. The van der Waals surface area contributed by atoms with Crippen molar-refractivity contribution in [3.63, 3.8) is 0 Å². The lowest BCUT2D eigenvalue weighted by Gasteiger charge is -2.38. The number of nitrogen functional groups attached to an aromatic ring is 1. The summed E-state index contributed by atoms with van der Waals surface area (Å²) in [6.07, 6.45) is -0.427. The highest BCUT2D eigenvalue weighted by molar-refractivity contribution is 6.35. The molecule has 3 amide bonds. The quantitative estimate of drug-likeness (QED) is 0.241. The van der Waals surface area contributed by atoms with Gasteiger partial charge in [-0.15, -0.1) is 0 Å². The third-order valence-electron chi connectivity index (χ3n) is 5.47. The van der Waals surface area contributed by atoms with Crippen molar-refractivity contribution in [2.45, 2.75) is 12.5 Å². The molecule has 5 N–H and O–H groups in total. The Hall–Kier alpha value is -4.28. The minimum absolute atomic E-state index is 0.0931. The number of carbonyl (C=O) groups excluding carboxylic acids is 3. The number of halogens is 1. The Labute approximate surface area is 194 Å². The lowest BCUT2D eigenvalue weighted by atomic mass is 10.0. The molecule has 34 heavy (non-hydrogen) atoms. The van der Waals surface area contributed by atoms with Gasteiger partial charge in [-0.05, 0) is 29.8 Å². The van der Waals surface area contributed by atoms with Crippen LogP contribution in [0.2, 0.25) is 0 Å². The van der Waals surface area contributed by atoms with E-state index in [4.69, 9.17) is 11.1 Å². The van der Waals surface area contributed by atoms with E-state index in [1.54, 1.807) is 12.1 Å². The van der Waals surface area contributed by atoms with Crippen LogP contribution in [0.4, 0.5) is 4.39 Å². The molecule has 1 aliphatic rings. The smallest absolute Gasteiger partial charge is 0.312 e. The van der Waals surface area contributed by atoms with Crippen molar-refractivity contribution in [2.75, 3.05) is 26.2 Å². The van der Waals surface area contributed by atoms with E-state index in [2.05, 4.69) is 5.32 Å². The number of amidine groups is 1. The van der Waals surface area contributed by atoms with Gasteiger partial charge in [-0.25, -0.2) is 4.39 Å². The Kier molecular flexibility index (Phi) is 7.57. The van der Waals surface area contributed by atoms with Gasteiger partial charge >= 0.3 is 17.8 Å². The molecule has 1 fully saturated rings. The Morgan fingerprint density at radius 3 is 2.24 bits per heavy atom. The highest BCUT2D eigenvalue weighted by Crippen LogP contribution is 2.27. The Morgan fingerprint density at radius 1 is 1.03 bits per heavy atom. The number of benzene rings is 2. The van der Waals surface area contributed by atoms with E-state index in [1.807, 2.05) is 0 Å². The average Bonchev–Trinajstić information content (AvgIpc) is 2.81. The maximum atomic E-state index is 13.3. The first-order chi connectivity index (χ1) is 16.2. The van der Waals surface area contributed by atoms with Gasteiger partial charge in [-0.3, -0.25) is 24.6 Å². The van der Waals surface area contributed by atoms with Crippen LogP contribution in [0.1, 0.15) is 33.9 Å². The van der Waals surface area contributed by atoms with Gasteiger partial charge in [0.2, 0.25) is 0 Å². The number of nitrogens with zero attached hydrogens (tertiary/aromatic N) is 2. The minimum Gasteiger partial charge on any atom is -0.481 e. The molecule has 1 unspecified atom stereocenters. The molecule has 2 aromatic carbocycles. The second kappa shape index (κ2) is 10.6. The van der Waals surface area contributed by atoms with Crippen molar-refractivity contribution in [3.05, 3.63) is 71.0 Å². The predicted molar refractivity (Wildman–Crippen MR) is 119 cm³/mol. The number of carboxylic acids is 1. The fourth-order valence-corrected chi connectivity index (χ4v) is 3.67. The molecule has 178 valence electrons. The molecule has 0 spiro atoms. The van der Waals surface area contributed by atoms with Crippen molar-refractivity contribution in [2.24, 2.45) is 5.73 Å². The Bertz CT molecular complexity index is 1100. The predicted octanol–water partition coefficient (Wildman–Crippen LogP) is 0.726. The average molecular weight is 469 g/mol. The number of hydrogen-bond acceptors (Lipinski definition) is 5. The van der Waals surface area contributed by atoms with Gasteiger partial charge in [0.25, 0.3) is 5.91 Å². The van der Waals surface area contributed by atoms with E-state index >= 15 is 0 Å². The molecule has 0 bridgehead atoms.